The van der Waals surface area contributed by atoms with Gasteiger partial charge in [0.1, 0.15) is 6.17 Å². The summed E-state index contributed by atoms with van der Waals surface area (Å²) in [6.07, 6.45) is 1.14. The molecule has 0 aromatic heterocycles. The molecule has 2 fully saturated rings. The molecule has 1 aromatic carbocycles. The molecule has 1 heterocycles. The molecule has 19 heavy (non-hydrogen) atoms. The molecule has 1 aliphatic carbocycles. The Morgan fingerprint density at radius 2 is 2.05 bits per heavy atom. The van der Waals surface area contributed by atoms with Crippen LogP contribution in [0.1, 0.15) is 44.5 Å². The van der Waals surface area contributed by atoms with Crippen LogP contribution in [0.3, 0.4) is 0 Å². The van der Waals surface area contributed by atoms with Crippen LogP contribution < -0.4 is 5.32 Å². The van der Waals surface area contributed by atoms with Crippen LogP contribution in [0.25, 0.3) is 0 Å². The largest absolute Gasteiger partial charge is 0.318 e. The first-order valence-electron chi connectivity index (χ1n) is 7.05. The lowest BCUT2D eigenvalue weighted by molar-refractivity contribution is -0.130. The van der Waals surface area contributed by atoms with Crippen LogP contribution in [0.2, 0.25) is 0 Å². The Kier molecular flexibility index (Phi) is 2.72. The van der Waals surface area contributed by atoms with Gasteiger partial charge in [-0.3, -0.25) is 10.1 Å². The van der Waals surface area contributed by atoms with Crippen LogP contribution in [0, 0.1) is 12.3 Å². The summed E-state index contributed by atoms with van der Waals surface area (Å²) in [5.74, 6) is 0.238. The third-order valence-electron chi connectivity index (χ3n) is 4.47. The Morgan fingerprint density at radius 1 is 1.37 bits per heavy atom. The van der Waals surface area contributed by atoms with Gasteiger partial charge >= 0.3 is 0 Å². The second kappa shape index (κ2) is 4.07. The SMILES string of the molecule is Cc1cccc(C2NC(C)C(=O)N2C2CC2(C)C)c1. The Morgan fingerprint density at radius 3 is 2.63 bits per heavy atom. The average molecular weight is 258 g/mol. The Labute approximate surface area is 115 Å². The highest BCUT2D eigenvalue weighted by atomic mass is 16.2. The highest BCUT2D eigenvalue weighted by Gasteiger charge is 2.55. The minimum Gasteiger partial charge on any atom is -0.318 e. The zero-order valence-electron chi connectivity index (χ0n) is 12.1. The van der Waals surface area contributed by atoms with E-state index in [1.54, 1.807) is 0 Å². The second-order valence-electron chi connectivity index (χ2n) is 6.66. The van der Waals surface area contributed by atoms with Crippen molar-refractivity contribution in [3.8, 4) is 0 Å². The van der Waals surface area contributed by atoms with Gasteiger partial charge in [-0.2, -0.15) is 0 Å². The van der Waals surface area contributed by atoms with E-state index in [2.05, 4.69) is 55.3 Å². The average Bonchev–Trinajstić information content (AvgIpc) is 2.85. The molecule has 3 atom stereocenters. The maximum atomic E-state index is 12.4. The number of carbonyl (C=O) groups excluding carboxylic acids is 1. The molecule has 1 saturated heterocycles. The van der Waals surface area contributed by atoms with Crippen molar-refractivity contribution in [3.63, 3.8) is 0 Å². The maximum Gasteiger partial charge on any atom is 0.241 e. The normalized spacial score (nSPS) is 32.7. The highest BCUT2D eigenvalue weighted by molar-refractivity contribution is 5.85. The zero-order valence-corrected chi connectivity index (χ0v) is 12.1. The summed E-state index contributed by atoms with van der Waals surface area (Å²) in [6.45, 7) is 8.53. The Hall–Kier alpha value is -1.35. The van der Waals surface area contributed by atoms with Crippen molar-refractivity contribution in [2.24, 2.45) is 5.41 Å². The zero-order chi connectivity index (χ0) is 13.8. The molecule has 102 valence electrons. The number of nitrogens with one attached hydrogen (secondary N) is 1. The summed E-state index contributed by atoms with van der Waals surface area (Å²) in [7, 11) is 0. The molecule has 3 unspecified atom stereocenters. The molecule has 1 saturated carbocycles. The van der Waals surface area contributed by atoms with Gasteiger partial charge in [0.15, 0.2) is 0 Å². The summed E-state index contributed by atoms with van der Waals surface area (Å²) >= 11 is 0. The van der Waals surface area contributed by atoms with Crippen LogP contribution in [0.5, 0.6) is 0 Å². The highest BCUT2D eigenvalue weighted by Crippen LogP contribution is 2.51. The van der Waals surface area contributed by atoms with Gasteiger partial charge in [-0.1, -0.05) is 43.7 Å². The summed E-state index contributed by atoms with van der Waals surface area (Å²) < 4.78 is 0. The van der Waals surface area contributed by atoms with Crippen LogP contribution in [0.15, 0.2) is 24.3 Å². The molecule has 3 nitrogen and oxygen atoms in total. The van der Waals surface area contributed by atoms with E-state index >= 15 is 0 Å². The van der Waals surface area contributed by atoms with Crippen LogP contribution in [-0.2, 0) is 4.79 Å². The standard InChI is InChI=1S/C16H22N2O/c1-10-6-5-7-12(8-10)14-17-11(2)15(19)18(14)13-9-16(13,3)4/h5-8,11,13-14,17H,9H2,1-4H3. The molecule has 1 amide bonds. The molecule has 1 N–H and O–H groups in total. The van der Waals surface area contributed by atoms with Crippen LogP contribution in [0.4, 0.5) is 0 Å². The number of nitrogens with zero attached hydrogens (tertiary/aromatic N) is 1. The van der Waals surface area contributed by atoms with E-state index in [1.165, 1.54) is 11.1 Å². The van der Waals surface area contributed by atoms with Crippen molar-refractivity contribution < 1.29 is 4.79 Å². The number of carbonyl (C=O) groups is 1. The van der Waals surface area contributed by atoms with Gasteiger partial charge in [0.25, 0.3) is 0 Å². The fourth-order valence-electron chi connectivity index (χ4n) is 3.08. The molecule has 0 bridgehead atoms. The van der Waals surface area contributed by atoms with E-state index in [0.717, 1.165) is 6.42 Å². The van der Waals surface area contributed by atoms with Crippen molar-refractivity contribution in [1.82, 2.24) is 10.2 Å². The van der Waals surface area contributed by atoms with E-state index < -0.39 is 0 Å². The lowest BCUT2D eigenvalue weighted by atomic mass is 10.1. The molecule has 3 heteroatoms. The summed E-state index contributed by atoms with van der Waals surface area (Å²) in [5.41, 5.74) is 2.70. The molecule has 3 rings (SSSR count). The lowest BCUT2D eigenvalue weighted by Crippen LogP contribution is -2.34. The molecular formula is C16H22N2O. The first-order chi connectivity index (χ1) is 8.90. The Bertz CT molecular complexity index is 523. The third kappa shape index (κ3) is 2.06. The number of aryl methyl sites for hydroxylation is 1. The van der Waals surface area contributed by atoms with Crippen molar-refractivity contribution in [2.75, 3.05) is 0 Å². The molecular weight excluding hydrogens is 236 g/mol. The quantitative estimate of drug-likeness (QED) is 0.884. The maximum absolute atomic E-state index is 12.4. The number of amides is 1. The first-order valence-corrected chi connectivity index (χ1v) is 7.05. The minimum atomic E-state index is -0.0816. The summed E-state index contributed by atoms with van der Waals surface area (Å²) in [6, 6.07) is 8.74. The van der Waals surface area contributed by atoms with Gasteiger partial charge in [-0.05, 0) is 31.2 Å². The monoisotopic (exact) mass is 258 g/mol. The summed E-state index contributed by atoms with van der Waals surface area (Å²) in [4.78, 5) is 14.5. The number of hydrogen-bond acceptors (Lipinski definition) is 2. The van der Waals surface area contributed by atoms with E-state index in [-0.39, 0.29) is 23.5 Å². The van der Waals surface area contributed by atoms with Crippen LogP contribution >= 0.6 is 0 Å². The predicted molar refractivity (Wildman–Crippen MR) is 75.5 cm³/mol. The van der Waals surface area contributed by atoms with Crippen molar-refractivity contribution in [2.45, 2.75) is 52.4 Å². The smallest absolute Gasteiger partial charge is 0.241 e. The van der Waals surface area contributed by atoms with Gasteiger partial charge in [-0.15, -0.1) is 0 Å². The second-order valence-corrected chi connectivity index (χ2v) is 6.66. The van der Waals surface area contributed by atoms with Crippen molar-refractivity contribution in [3.05, 3.63) is 35.4 Å². The van der Waals surface area contributed by atoms with E-state index in [1.807, 2.05) is 6.92 Å². The molecule has 2 aliphatic rings. The predicted octanol–water partition coefficient (Wildman–Crippen LogP) is 2.61. The Balaban J connectivity index is 1.93. The van der Waals surface area contributed by atoms with Gasteiger partial charge in [0.05, 0.1) is 6.04 Å². The number of hydrogen-bond donors (Lipinski definition) is 1. The minimum absolute atomic E-state index is 0.0363. The van der Waals surface area contributed by atoms with Gasteiger partial charge in [0.2, 0.25) is 5.91 Å². The van der Waals surface area contributed by atoms with Crippen molar-refractivity contribution >= 4 is 5.91 Å². The van der Waals surface area contributed by atoms with Crippen LogP contribution in [-0.4, -0.2) is 22.9 Å². The van der Waals surface area contributed by atoms with Crippen molar-refractivity contribution in [1.29, 1.82) is 0 Å². The third-order valence-corrected chi connectivity index (χ3v) is 4.47. The van der Waals surface area contributed by atoms with E-state index in [0.29, 0.717) is 6.04 Å². The molecule has 1 aromatic rings. The topological polar surface area (TPSA) is 32.3 Å². The lowest BCUT2D eigenvalue weighted by Gasteiger charge is -2.26. The summed E-state index contributed by atoms with van der Waals surface area (Å²) in [5, 5.41) is 3.43. The van der Waals surface area contributed by atoms with Gasteiger partial charge < -0.3 is 4.90 Å². The molecule has 1 aliphatic heterocycles. The fraction of sp³-hybridized carbons (Fsp3) is 0.562. The molecule has 0 spiro atoms. The first kappa shape index (κ1) is 12.7. The number of benzene rings is 1. The van der Waals surface area contributed by atoms with Gasteiger partial charge in [0, 0.05) is 6.04 Å². The van der Waals surface area contributed by atoms with Gasteiger partial charge in [-0.25, -0.2) is 0 Å². The van der Waals surface area contributed by atoms with E-state index in [4.69, 9.17) is 0 Å². The molecule has 0 radical (unpaired) electrons. The van der Waals surface area contributed by atoms with E-state index in [9.17, 15) is 4.79 Å². The fourth-order valence-corrected chi connectivity index (χ4v) is 3.08. The number of rotatable bonds is 2.